The number of amides is 2. The predicted octanol–water partition coefficient (Wildman–Crippen LogP) is -0.965. The van der Waals surface area contributed by atoms with Crippen LogP contribution in [0.3, 0.4) is 0 Å². The standard InChI is InChI=1S/C7H13N3O2/c8-10-7(12)4-2-5-1-3-6(11)9-5/h5H,1-4,8H2,(H,9,11)(H,10,12). The Morgan fingerprint density at radius 1 is 1.75 bits per heavy atom. The Kier molecular flexibility index (Phi) is 3.04. The van der Waals surface area contributed by atoms with Crippen molar-refractivity contribution in [3.63, 3.8) is 0 Å². The third kappa shape index (κ3) is 2.50. The van der Waals surface area contributed by atoms with Crippen LogP contribution in [0.25, 0.3) is 0 Å². The third-order valence-corrected chi connectivity index (χ3v) is 1.97. The van der Waals surface area contributed by atoms with Gasteiger partial charge in [-0.1, -0.05) is 0 Å². The average molecular weight is 171 g/mol. The van der Waals surface area contributed by atoms with E-state index in [1.54, 1.807) is 0 Å². The van der Waals surface area contributed by atoms with Gasteiger partial charge in [-0.15, -0.1) is 0 Å². The lowest BCUT2D eigenvalue weighted by Gasteiger charge is -2.07. The van der Waals surface area contributed by atoms with Crippen molar-refractivity contribution in [3.05, 3.63) is 0 Å². The van der Waals surface area contributed by atoms with Crippen molar-refractivity contribution in [3.8, 4) is 0 Å². The molecule has 1 fully saturated rings. The van der Waals surface area contributed by atoms with E-state index in [1.807, 2.05) is 5.43 Å². The van der Waals surface area contributed by atoms with Crippen molar-refractivity contribution in [1.29, 1.82) is 0 Å². The molecule has 1 aliphatic heterocycles. The second kappa shape index (κ2) is 4.06. The number of hydrogen-bond donors (Lipinski definition) is 3. The summed E-state index contributed by atoms with van der Waals surface area (Å²) in [6.07, 6.45) is 2.46. The summed E-state index contributed by atoms with van der Waals surface area (Å²) in [5, 5.41) is 2.77. The zero-order chi connectivity index (χ0) is 8.97. The molecule has 1 atom stereocenters. The highest BCUT2D eigenvalue weighted by molar-refractivity contribution is 5.79. The van der Waals surface area contributed by atoms with Crippen molar-refractivity contribution >= 4 is 11.8 Å². The lowest BCUT2D eigenvalue weighted by atomic mass is 10.1. The Morgan fingerprint density at radius 2 is 2.50 bits per heavy atom. The molecule has 5 nitrogen and oxygen atoms in total. The van der Waals surface area contributed by atoms with E-state index in [9.17, 15) is 9.59 Å². The number of hydrazine groups is 1. The first-order valence-electron chi connectivity index (χ1n) is 4.01. The molecular formula is C7H13N3O2. The molecule has 0 aromatic carbocycles. The molecular weight excluding hydrogens is 158 g/mol. The van der Waals surface area contributed by atoms with Crippen LogP contribution < -0.4 is 16.6 Å². The molecule has 0 saturated carbocycles. The summed E-state index contributed by atoms with van der Waals surface area (Å²) < 4.78 is 0. The lowest BCUT2D eigenvalue weighted by Crippen LogP contribution is -2.32. The molecule has 1 aliphatic rings. The van der Waals surface area contributed by atoms with Crippen molar-refractivity contribution in [1.82, 2.24) is 10.7 Å². The predicted molar refractivity (Wildman–Crippen MR) is 42.7 cm³/mol. The number of carbonyl (C=O) groups is 2. The molecule has 1 rings (SSSR count). The van der Waals surface area contributed by atoms with E-state index in [0.717, 1.165) is 6.42 Å². The number of hydrogen-bond acceptors (Lipinski definition) is 3. The van der Waals surface area contributed by atoms with Gasteiger partial charge in [-0.3, -0.25) is 15.0 Å². The monoisotopic (exact) mass is 171 g/mol. The van der Waals surface area contributed by atoms with Gasteiger partial charge in [-0.2, -0.15) is 0 Å². The van der Waals surface area contributed by atoms with Crippen molar-refractivity contribution in [2.75, 3.05) is 0 Å². The summed E-state index contributed by atoms with van der Waals surface area (Å²) in [5.74, 6) is 4.79. The number of nitrogens with two attached hydrogens (primary N) is 1. The molecule has 4 N–H and O–H groups in total. The molecule has 0 bridgehead atoms. The maximum Gasteiger partial charge on any atom is 0.233 e. The number of carbonyl (C=O) groups excluding carboxylic acids is 2. The molecule has 1 saturated heterocycles. The second-order valence-electron chi connectivity index (χ2n) is 2.91. The van der Waals surface area contributed by atoms with E-state index >= 15 is 0 Å². The van der Waals surface area contributed by atoms with E-state index in [1.165, 1.54) is 0 Å². The van der Waals surface area contributed by atoms with Gasteiger partial charge in [0, 0.05) is 18.9 Å². The minimum atomic E-state index is -0.184. The second-order valence-corrected chi connectivity index (χ2v) is 2.91. The van der Waals surface area contributed by atoms with E-state index in [-0.39, 0.29) is 17.9 Å². The minimum absolute atomic E-state index is 0.0770. The van der Waals surface area contributed by atoms with Crippen molar-refractivity contribution < 1.29 is 9.59 Å². The fourth-order valence-electron chi connectivity index (χ4n) is 1.27. The molecule has 0 spiro atoms. The molecule has 0 aliphatic carbocycles. The van der Waals surface area contributed by atoms with Gasteiger partial charge in [0.1, 0.15) is 0 Å². The zero-order valence-corrected chi connectivity index (χ0v) is 6.80. The van der Waals surface area contributed by atoms with Gasteiger partial charge in [0.25, 0.3) is 0 Å². The average Bonchev–Trinajstić information content (AvgIpc) is 2.47. The SMILES string of the molecule is NNC(=O)CCC1CCC(=O)N1. The van der Waals surface area contributed by atoms with Crippen LogP contribution in [0.2, 0.25) is 0 Å². The van der Waals surface area contributed by atoms with Crippen LogP contribution in [0.1, 0.15) is 25.7 Å². The quantitative estimate of drug-likeness (QED) is 0.290. The summed E-state index contributed by atoms with van der Waals surface area (Å²) in [5.41, 5.74) is 2.05. The van der Waals surface area contributed by atoms with Crippen LogP contribution in [0.4, 0.5) is 0 Å². The molecule has 1 unspecified atom stereocenters. The first-order valence-corrected chi connectivity index (χ1v) is 4.01. The molecule has 0 aromatic rings. The van der Waals surface area contributed by atoms with Gasteiger partial charge in [-0.05, 0) is 12.8 Å². The Bertz CT molecular complexity index is 193. The van der Waals surface area contributed by atoms with Gasteiger partial charge in [0.2, 0.25) is 11.8 Å². The Hall–Kier alpha value is -1.10. The van der Waals surface area contributed by atoms with E-state index in [0.29, 0.717) is 19.3 Å². The molecule has 1 heterocycles. The van der Waals surface area contributed by atoms with Crippen LogP contribution in [-0.4, -0.2) is 17.9 Å². The van der Waals surface area contributed by atoms with Gasteiger partial charge in [0.05, 0.1) is 0 Å². The fourth-order valence-corrected chi connectivity index (χ4v) is 1.27. The Morgan fingerprint density at radius 3 is 3.00 bits per heavy atom. The topological polar surface area (TPSA) is 84.2 Å². The van der Waals surface area contributed by atoms with Gasteiger partial charge < -0.3 is 5.32 Å². The van der Waals surface area contributed by atoms with Crippen LogP contribution in [0.15, 0.2) is 0 Å². The molecule has 0 aromatic heterocycles. The van der Waals surface area contributed by atoms with Gasteiger partial charge >= 0.3 is 0 Å². The molecule has 12 heavy (non-hydrogen) atoms. The third-order valence-electron chi connectivity index (χ3n) is 1.97. The van der Waals surface area contributed by atoms with Crippen molar-refractivity contribution in [2.24, 2.45) is 5.84 Å². The first-order chi connectivity index (χ1) is 5.72. The van der Waals surface area contributed by atoms with Gasteiger partial charge in [-0.25, -0.2) is 5.84 Å². The van der Waals surface area contributed by atoms with Crippen LogP contribution >= 0.6 is 0 Å². The smallest absolute Gasteiger partial charge is 0.233 e. The minimum Gasteiger partial charge on any atom is -0.353 e. The normalized spacial score (nSPS) is 22.1. The largest absolute Gasteiger partial charge is 0.353 e. The molecule has 2 amide bonds. The zero-order valence-electron chi connectivity index (χ0n) is 6.80. The lowest BCUT2D eigenvalue weighted by molar-refractivity contribution is -0.122. The fraction of sp³-hybridized carbons (Fsp3) is 0.714. The molecule has 5 heteroatoms. The van der Waals surface area contributed by atoms with Crippen LogP contribution in [0, 0.1) is 0 Å². The maximum atomic E-state index is 10.7. The molecule has 68 valence electrons. The summed E-state index contributed by atoms with van der Waals surface area (Å²) >= 11 is 0. The van der Waals surface area contributed by atoms with Crippen LogP contribution in [-0.2, 0) is 9.59 Å². The first kappa shape index (κ1) is 8.99. The number of rotatable bonds is 3. The maximum absolute atomic E-state index is 10.7. The van der Waals surface area contributed by atoms with E-state index in [2.05, 4.69) is 5.32 Å². The summed E-state index contributed by atoms with van der Waals surface area (Å²) in [7, 11) is 0. The van der Waals surface area contributed by atoms with Crippen molar-refractivity contribution in [2.45, 2.75) is 31.7 Å². The van der Waals surface area contributed by atoms with Gasteiger partial charge in [0.15, 0.2) is 0 Å². The summed E-state index contributed by atoms with van der Waals surface area (Å²) in [6, 6.07) is 0.162. The number of nitrogens with one attached hydrogen (secondary N) is 2. The molecule has 0 radical (unpaired) electrons. The van der Waals surface area contributed by atoms with Crippen LogP contribution in [0.5, 0.6) is 0 Å². The highest BCUT2D eigenvalue weighted by atomic mass is 16.2. The summed E-state index contributed by atoms with van der Waals surface area (Å²) in [4.78, 5) is 21.4. The summed E-state index contributed by atoms with van der Waals surface area (Å²) in [6.45, 7) is 0. The Labute approximate surface area is 70.7 Å². The highest BCUT2D eigenvalue weighted by Crippen LogP contribution is 2.11. The highest BCUT2D eigenvalue weighted by Gasteiger charge is 2.20. The Balaban J connectivity index is 2.16. The van der Waals surface area contributed by atoms with E-state index in [4.69, 9.17) is 5.84 Å². The van der Waals surface area contributed by atoms with E-state index < -0.39 is 0 Å².